The van der Waals surface area contributed by atoms with E-state index < -0.39 is 23.4 Å². The van der Waals surface area contributed by atoms with Crippen molar-refractivity contribution in [3.8, 4) is 12.0 Å². The number of hydrogen-bond donors (Lipinski definition) is 2. The highest BCUT2D eigenvalue weighted by atomic mass is 19.4. The van der Waals surface area contributed by atoms with Crippen LogP contribution in [0.1, 0.15) is 17.0 Å². The normalized spacial score (nSPS) is 11.5. The molecular formula is C20H13F4N7. The van der Waals surface area contributed by atoms with Crippen LogP contribution >= 0.6 is 0 Å². The highest BCUT2D eigenvalue weighted by Gasteiger charge is 2.30. The standard InChI is InChI=1S/C20H13F4N7/c1-10-27-14-8-11(9-25)2-7-15(14)31(10)19-29-17(26)16(21)18(30-19)28-13-5-3-12(4-6-13)20(22,23)24/h2-8H,1H3,(H3,26,28,29,30). The largest absolute Gasteiger partial charge is 0.416 e. The van der Waals surface area contributed by atoms with Crippen molar-refractivity contribution in [3.63, 3.8) is 0 Å². The van der Waals surface area contributed by atoms with E-state index in [1.165, 1.54) is 4.57 Å². The molecule has 0 saturated heterocycles. The Labute approximate surface area is 172 Å². The number of imidazole rings is 1. The molecule has 0 aliphatic rings. The molecule has 0 fully saturated rings. The Balaban J connectivity index is 1.77. The van der Waals surface area contributed by atoms with Gasteiger partial charge in [-0.3, -0.25) is 4.57 Å². The van der Waals surface area contributed by atoms with E-state index in [9.17, 15) is 17.6 Å². The summed E-state index contributed by atoms with van der Waals surface area (Å²) < 4.78 is 54.3. The summed E-state index contributed by atoms with van der Waals surface area (Å²) in [4.78, 5) is 12.5. The lowest BCUT2D eigenvalue weighted by atomic mass is 10.2. The van der Waals surface area contributed by atoms with Crippen LogP contribution in [0.25, 0.3) is 17.0 Å². The van der Waals surface area contributed by atoms with Gasteiger partial charge in [0.25, 0.3) is 0 Å². The second-order valence-electron chi connectivity index (χ2n) is 6.58. The summed E-state index contributed by atoms with van der Waals surface area (Å²) in [6.45, 7) is 1.68. The molecule has 11 heteroatoms. The second-order valence-corrected chi connectivity index (χ2v) is 6.58. The Kier molecular flexibility index (Phi) is 4.69. The molecule has 0 spiro atoms. The van der Waals surface area contributed by atoms with Crippen LogP contribution in [-0.2, 0) is 6.18 Å². The molecule has 0 saturated carbocycles. The van der Waals surface area contributed by atoms with Gasteiger partial charge in [0.1, 0.15) is 5.82 Å². The summed E-state index contributed by atoms with van der Waals surface area (Å²) in [6, 6.07) is 10.9. The molecule has 2 heterocycles. The van der Waals surface area contributed by atoms with E-state index in [0.29, 0.717) is 22.4 Å². The minimum Gasteiger partial charge on any atom is -0.381 e. The Morgan fingerprint density at radius 2 is 1.77 bits per heavy atom. The molecule has 0 amide bonds. The van der Waals surface area contributed by atoms with Gasteiger partial charge in [0, 0.05) is 5.69 Å². The number of nitrogens with one attached hydrogen (secondary N) is 1. The number of anilines is 3. The Morgan fingerprint density at radius 1 is 1.06 bits per heavy atom. The van der Waals surface area contributed by atoms with E-state index in [0.717, 1.165) is 24.3 Å². The SMILES string of the molecule is Cc1nc2cc(C#N)ccc2n1-c1nc(N)c(F)c(Nc2ccc(C(F)(F)F)cc2)n1. The van der Waals surface area contributed by atoms with Crippen molar-refractivity contribution in [3.05, 3.63) is 65.2 Å². The van der Waals surface area contributed by atoms with E-state index in [1.807, 2.05) is 6.07 Å². The summed E-state index contributed by atoms with van der Waals surface area (Å²) in [5.74, 6) is -1.22. The number of nitrogens with zero attached hydrogens (tertiary/aromatic N) is 5. The fourth-order valence-corrected chi connectivity index (χ4v) is 3.04. The Morgan fingerprint density at radius 3 is 2.42 bits per heavy atom. The zero-order valence-corrected chi connectivity index (χ0v) is 15.9. The quantitative estimate of drug-likeness (QED) is 0.467. The van der Waals surface area contributed by atoms with Gasteiger partial charge in [0.05, 0.1) is 28.2 Å². The first kappa shape index (κ1) is 20.1. The topological polar surface area (TPSA) is 105 Å². The fourth-order valence-electron chi connectivity index (χ4n) is 3.04. The van der Waals surface area contributed by atoms with Crippen molar-refractivity contribution in [1.29, 1.82) is 5.26 Å². The molecule has 7 nitrogen and oxygen atoms in total. The number of benzene rings is 2. The maximum atomic E-state index is 14.5. The molecule has 2 aromatic carbocycles. The van der Waals surface area contributed by atoms with Crippen LogP contribution < -0.4 is 11.1 Å². The van der Waals surface area contributed by atoms with Gasteiger partial charge >= 0.3 is 6.18 Å². The smallest absolute Gasteiger partial charge is 0.381 e. The van der Waals surface area contributed by atoms with Gasteiger partial charge in [-0.25, -0.2) is 4.98 Å². The first-order chi connectivity index (χ1) is 14.7. The lowest BCUT2D eigenvalue weighted by Gasteiger charge is -2.12. The second kappa shape index (κ2) is 7.24. The number of fused-ring (bicyclic) bond motifs is 1. The molecule has 4 rings (SSSR count). The van der Waals surface area contributed by atoms with Crippen LogP contribution in [0.2, 0.25) is 0 Å². The van der Waals surface area contributed by atoms with Gasteiger partial charge in [0.2, 0.25) is 11.8 Å². The van der Waals surface area contributed by atoms with Gasteiger partial charge in [0.15, 0.2) is 11.6 Å². The number of aryl methyl sites for hydroxylation is 1. The first-order valence-corrected chi connectivity index (χ1v) is 8.84. The number of halogens is 4. The van der Waals surface area contributed by atoms with Gasteiger partial charge in [-0.15, -0.1) is 0 Å². The monoisotopic (exact) mass is 427 g/mol. The summed E-state index contributed by atoms with van der Waals surface area (Å²) in [6.07, 6.45) is -4.48. The van der Waals surface area contributed by atoms with E-state index in [2.05, 4.69) is 20.3 Å². The minimum atomic E-state index is -4.48. The molecule has 0 atom stereocenters. The number of nitriles is 1. The molecule has 4 aromatic rings. The van der Waals surface area contributed by atoms with Crippen molar-refractivity contribution in [2.45, 2.75) is 13.1 Å². The number of hydrogen-bond acceptors (Lipinski definition) is 6. The lowest BCUT2D eigenvalue weighted by Crippen LogP contribution is -2.11. The zero-order valence-electron chi connectivity index (χ0n) is 15.9. The van der Waals surface area contributed by atoms with Crippen molar-refractivity contribution in [2.75, 3.05) is 11.1 Å². The molecule has 156 valence electrons. The van der Waals surface area contributed by atoms with Crippen LogP contribution in [0.15, 0.2) is 42.5 Å². The minimum absolute atomic E-state index is 0.0121. The van der Waals surface area contributed by atoms with Crippen molar-refractivity contribution >= 4 is 28.4 Å². The summed E-state index contributed by atoms with van der Waals surface area (Å²) in [5.41, 5.74) is 6.56. The summed E-state index contributed by atoms with van der Waals surface area (Å²) in [5, 5.41) is 11.7. The third kappa shape index (κ3) is 3.71. The van der Waals surface area contributed by atoms with E-state index in [1.54, 1.807) is 25.1 Å². The molecule has 0 unspecified atom stereocenters. The number of alkyl halides is 3. The van der Waals surface area contributed by atoms with Gasteiger partial charge in [-0.2, -0.15) is 32.8 Å². The molecule has 0 aliphatic heterocycles. The predicted molar refractivity (Wildman–Crippen MR) is 105 cm³/mol. The number of nitrogens with two attached hydrogens (primary N) is 1. The van der Waals surface area contributed by atoms with E-state index >= 15 is 0 Å². The molecule has 0 bridgehead atoms. The average molecular weight is 427 g/mol. The number of aromatic nitrogens is 4. The molecule has 0 radical (unpaired) electrons. The maximum absolute atomic E-state index is 14.5. The van der Waals surface area contributed by atoms with Gasteiger partial charge < -0.3 is 11.1 Å². The Bertz CT molecular complexity index is 1340. The van der Waals surface area contributed by atoms with Crippen molar-refractivity contribution in [1.82, 2.24) is 19.5 Å². The number of nitrogen functional groups attached to an aromatic ring is 1. The summed E-state index contributed by atoms with van der Waals surface area (Å²) in [7, 11) is 0. The number of rotatable bonds is 3. The van der Waals surface area contributed by atoms with Crippen LogP contribution in [0.3, 0.4) is 0 Å². The molecule has 2 aromatic heterocycles. The molecule has 0 aliphatic carbocycles. The van der Waals surface area contributed by atoms with E-state index in [-0.39, 0.29) is 17.5 Å². The van der Waals surface area contributed by atoms with Crippen LogP contribution in [0.5, 0.6) is 0 Å². The van der Waals surface area contributed by atoms with Crippen LogP contribution in [-0.4, -0.2) is 19.5 Å². The zero-order chi connectivity index (χ0) is 22.3. The van der Waals surface area contributed by atoms with E-state index in [4.69, 9.17) is 11.0 Å². The predicted octanol–water partition coefficient (Wildman–Crippen LogP) is 4.48. The highest BCUT2D eigenvalue weighted by molar-refractivity contribution is 5.79. The maximum Gasteiger partial charge on any atom is 0.416 e. The first-order valence-electron chi connectivity index (χ1n) is 8.84. The summed E-state index contributed by atoms with van der Waals surface area (Å²) >= 11 is 0. The third-order valence-electron chi connectivity index (χ3n) is 4.49. The van der Waals surface area contributed by atoms with Crippen molar-refractivity contribution in [2.24, 2.45) is 0 Å². The van der Waals surface area contributed by atoms with Crippen LogP contribution in [0.4, 0.5) is 34.9 Å². The fraction of sp³-hybridized carbons (Fsp3) is 0.100. The van der Waals surface area contributed by atoms with Gasteiger partial charge in [-0.1, -0.05) is 0 Å². The molecule has 31 heavy (non-hydrogen) atoms. The highest BCUT2D eigenvalue weighted by Crippen LogP contribution is 2.31. The molecular weight excluding hydrogens is 414 g/mol. The van der Waals surface area contributed by atoms with Crippen molar-refractivity contribution < 1.29 is 17.6 Å². The van der Waals surface area contributed by atoms with Crippen LogP contribution in [0, 0.1) is 24.1 Å². The average Bonchev–Trinajstić information content (AvgIpc) is 3.05. The lowest BCUT2D eigenvalue weighted by molar-refractivity contribution is -0.137. The molecule has 3 N–H and O–H groups in total. The Hall–Kier alpha value is -4.20. The van der Waals surface area contributed by atoms with Gasteiger partial charge in [-0.05, 0) is 49.4 Å². The third-order valence-corrected chi connectivity index (χ3v) is 4.49.